The SMILES string of the molecule is COc1ccc2c(c1)[C@]1(O[C@@H](CCO)[C@H]([Si](C)(C)O)[C@H]1C)C(=O)N2Cc1cccc(NC(=O)c2ccccc2)c1. The highest BCUT2D eigenvalue weighted by molar-refractivity contribution is 6.71. The zero-order valence-electron chi connectivity index (χ0n) is 23.3. The standard InChI is InChI=1S/C31H36N2O6Si/c1-20-28(40(3,4)37)27(15-16-34)39-31(20)25-18-24(38-2)13-14-26(25)33(30(31)36)19-21-9-8-12-23(17-21)32-29(35)22-10-6-5-7-11-22/h5-14,17-18,20,27-28,34,37H,15-16,19H2,1-4H3,(H,32,35)/t20-,27+,28-,31+/m1/s1. The molecule has 0 unspecified atom stereocenters. The van der Waals surface area contributed by atoms with Gasteiger partial charge in [-0.2, -0.15) is 0 Å². The minimum absolute atomic E-state index is 0.0984. The van der Waals surface area contributed by atoms with Gasteiger partial charge < -0.3 is 29.6 Å². The Morgan fingerprint density at radius 2 is 1.85 bits per heavy atom. The number of aliphatic hydroxyl groups is 1. The smallest absolute Gasteiger partial charge is 0.264 e. The molecule has 2 amide bonds. The van der Waals surface area contributed by atoms with Crippen LogP contribution in [0.4, 0.5) is 11.4 Å². The maximum atomic E-state index is 14.4. The molecule has 0 aromatic heterocycles. The number of anilines is 2. The van der Waals surface area contributed by atoms with E-state index in [4.69, 9.17) is 9.47 Å². The minimum Gasteiger partial charge on any atom is -0.497 e. The van der Waals surface area contributed by atoms with Crippen molar-refractivity contribution in [3.8, 4) is 5.75 Å². The highest BCUT2D eigenvalue weighted by Gasteiger charge is 2.66. The van der Waals surface area contributed by atoms with E-state index in [-0.39, 0.29) is 36.4 Å². The molecule has 210 valence electrons. The van der Waals surface area contributed by atoms with Gasteiger partial charge in [-0.1, -0.05) is 37.3 Å². The van der Waals surface area contributed by atoms with Gasteiger partial charge in [0.25, 0.3) is 11.8 Å². The summed E-state index contributed by atoms with van der Waals surface area (Å²) in [7, 11) is -1.20. The number of aliphatic hydroxyl groups excluding tert-OH is 1. The van der Waals surface area contributed by atoms with Crippen molar-refractivity contribution in [2.24, 2.45) is 5.92 Å². The van der Waals surface area contributed by atoms with Crippen LogP contribution in [0.15, 0.2) is 72.8 Å². The molecule has 3 aromatic rings. The van der Waals surface area contributed by atoms with Crippen LogP contribution in [0.2, 0.25) is 18.6 Å². The Bertz CT molecular complexity index is 1410. The molecule has 40 heavy (non-hydrogen) atoms. The second-order valence-corrected chi connectivity index (χ2v) is 15.1. The number of carbonyl (C=O) groups excluding carboxylic acids is 2. The Kier molecular flexibility index (Phi) is 7.58. The van der Waals surface area contributed by atoms with Crippen LogP contribution in [0.1, 0.15) is 34.8 Å². The van der Waals surface area contributed by atoms with Crippen molar-refractivity contribution in [3.63, 3.8) is 0 Å². The molecule has 4 atom stereocenters. The molecule has 9 heteroatoms. The van der Waals surface area contributed by atoms with Gasteiger partial charge in [0.1, 0.15) is 5.75 Å². The van der Waals surface area contributed by atoms with E-state index < -0.39 is 20.0 Å². The molecular formula is C31H36N2O6Si. The lowest BCUT2D eigenvalue weighted by Crippen LogP contribution is -2.46. The number of amides is 2. The van der Waals surface area contributed by atoms with Crippen molar-refractivity contribution >= 4 is 31.5 Å². The Balaban J connectivity index is 1.50. The average molecular weight is 561 g/mol. The van der Waals surface area contributed by atoms with Crippen molar-refractivity contribution in [3.05, 3.63) is 89.5 Å². The number of fused-ring (bicyclic) bond motifs is 2. The number of hydrogen-bond acceptors (Lipinski definition) is 6. The Morgan fingerprint density at radius 3 is 2.52 bits per heavy atom. The molecule has 0 aliphatic carbocycles. The summed E-state index contributed by atoms with van der Waals surface area (Å²) in [5.74, 6) is -0.130. The first-order chi connectivity index (χ1) is 19.1. The lowest BCUT2D eigenvalue weighted by atomic mass is 9.82. The van der Waals surface area contributed by atoms with Crippen LogP contribution in [0.3, 0.4) is 0 Å². The predicted molar refractivity (Wildman–Crippen MR) is 156 cm³/mol. The average Bonchev–Trinajstić information content (AvgIpc) is 3.36. The fourth-order valence-electron chi connectivity index (χ4n) is 6.46. The van der Waals surface area contributed by atoms with Gasteiger partial charge in [0.2, 0.25) is 0 Å². The van der Waals surface area contributed by atoms with Crippen LogP contribution >= 0.6 is 0 Å². The number of ether oxygens (including phenoxy) is 2. The van der Waals surface area contributed by atoms with Crippen LogP contribution < -0.4 is 15.0 Å². The molecule has 5 rings (SSSR count). The molecule has 1 spiro atoms. The molecule has 0 radical (unpaired) electrons. The van der Waals surface area contributed by atoms with Crippen molar-refractivity contribution in [1.29, 1.82) is 0 Å². The summed E-state index contributed by atoms with van der Waals surface area (Å²) in [6.45, 7) is 5.86. The molecular weight excluding hydrogens is 524 g/mol. The van der Waals surface area contributed by atoms with Crippen molar-refractivity contribution in [2.45, 2.75) is 50.2 Å². The molecule has 2 aliphatic heterocycles. The molecule has 0 saturated carbocycles. The summed E-state index contributed by atoms with van der Waals surface area (Å²) in [5, 5.41) is 12.7. The van der Waals surface area contributed by atoms with E-state index in [1.54, 1.807) is 24.1 Å². The van der Waals surface area contributed by atoms with E-state index in [2.05, 4.69) is 5.32 Å². The number of nitrogens with zero attached hydrogens (tertiary/aromatic N) is 1. The zero-order chi connectivity index (χ0) is 28.7. The molecule has 0 bridgehead atoms. The summed E-state index contributed by atoms with van der Waals surface area (Å²) in [4.78, 5) is 40.1. The molecule has 3 N–H and O–H groups in total. The Morgan fingerprint density at radius 1 is 1.10 bits per heavy atom. The van der Waals surface area contributed by atoms with Gasteiger partial charge in [-0.15, -0.1) is 0 Å². The van der Waals surface area contributed by atoms with Crippen LogP contribution in [-0.4, -0.2) is 49.9 Å². The Hall–Kier alpha value is -3.50. The maximum Gasteiger partial charge on any atom is 0.264 e. The number of benzene rings is 3. The van der Waals surface area contributed by atoms with E-state index in [1.807, 2.05) is 80.7 Å². The lowest BCUT2D eigenvalue weighted by Gasteiger charge is -2.32. The number of carbonyl (C=O) groups is 2. The third kappa shape index (κ3) is 4.83. The van der Waals surface area contributed by atoms with E-state index in [0.29, 0.717) is 29.0 Å². The van der Waals surface area contributed by atoms with Gasteiger partial charge >= 0.3 is 0 Å². The molecule has 1 fully saturated rings. The van der Waals surface area contributed by atoms with Crippen LogP contribution in [0.25, 0.3) is 0 Å². The predicted octanol–water partition coefficient (Wildman–Crippen LogP) is 4.67. The van der Waals surface area contributed by atoms with Crippen LogP contribution in [0, 0.1) is 5.92 Å². The Labute approximate surface area is 235 Å². The molecule has 2 aliphatic rings. The second-order valence-electron chi connectivity index (χ2n) is 11.2. The number of nitrogens with one attached hydrogen (secondary N) is 1. The highest BCUT2D eigenvalue weighted by atomic mass is 28.4. The van der Waals surface area contributed by atoms with Crippen LogP contribution in [0.5, 0.6) is 5.75 Å². The van der Waals surface area contributed by atoms with Gasteiger partial charge in [0.05, 0.1) is 25.4 Å². The molecule has 1 saturated heterocycles. The fraction of sp³-hybridized carbons (Fsp3) is 0.355. The van der Waals surface area contributed by atoms with Crippen molar-refractivity contribution < 1.29 is 29.0 Å². The summed E-state index contributed by atoms with van der Waals surface area (Å²) in [6, 6.07) is 22.0. The van der Waals surface area contributed by atoms with E-state index in [9.17, 15) is 19.5 Å². The van der Waals surface area contributed by atoms with E-state index in [1.165, 1.54) is 0 Å². The van der Waals surface area contributed by atoms with Gasteiger partial charge in [-0.25, -0.2) is 0 Å². The zero-order valence-corrected chi connectivity index (χ0v) is 24.3. The number of rotatable bonds is 8. The van der Waals surface area contributed by atoms with E-state index in [0.717, 1.165) is 11.3 Å². The molecule has 3 aromatic carbocycles. The largest absolute Gasteiger partial charge is 0.497 e. The van der Waals surface area contributed by atoms with Gasteiger partial charge in [0, 0.05) is 34.9 Å². The first kappa shape index (κ1) is 28.0. The minimum atomic E-state index is -2.78. The van der Waals surface area contributed by atoms with Gasteiger partial charge in [-0.05, 0) is 67.5 Å². The third-order valence-corrected chi connectivity index (χ3v) is 10.7. The summed E-state index contributed by atoms with van der Waals surface area (Å²) in [6.07, 6.45) is -0.116. The quantitative estimate of drug-likeness (QED) is 0.346. The number of hydrogen-bond donors (Lipinski definition) is 3. The van der Waals surface area contributed by atoms with Crippen LogP contribution in [-0.2, 0) is 21.7 Å². The maximum absolute atomic E-state index is 14.4. The summed E-state index contributed by atoms with van der Waals surface area (Å²) in [5.41, 5.74) is 1.90. The third-order valence-electron chi connectivity index (χ3n) is 8.17. The lowest BCUT2D eigenvalue weighted by molar-refractivity contribution is -0.146. The summed E-state index contributed by atoms with van der Waals surface area (Å²) < 4.78 is 12.2. The normalized spacial score (nSPS) is 23.9. The first-order valence-electron chi connectivity index (χ1n) is 13.6. The van der Waals surface area contributed by atoms with Gasteiger partial charge in [0.15, 0.2) is 13.9 Å². The topological polar surface area (TPSA) is 108 Å². The monoisotopic (exact) mass is 560 g/mol. The van der Waals surface area contributed by atoms with Crippen molar-refractivity contribution in [2.75, 3.05) is 23.9 Å². The van der Waals surface area contributed by atoms with Crippen molar-refractivity contribution in [1.82, 2.24) is 0 Å². The summed E-state index contributed by atoms with van der Waals surface area (Å²) >= 11 is 0. The van der Waals surface area contributed by atoms with E-state index >= 15 is 0 Å². The second kappa shape index (κ2) is 10.8. The highest BCUT2D eigenvalue weighted by Crippen LogP contribution is 2.60. The first-order valence-corrected chi connectivity index (χ1v) is 16.6. The van der Waals surface area contributed by atoms with Gasteiger partial charge in [-0.3, -0.25) is 9.59 Å². The number of methoxy groups -OCH3 is 1. The molecule has 8 nitrogen and oxygen atoms in total. The molecule has 2 heterocycles. The fourth-order valence-corrected chi connectivity index (χ4v) is 9.06.